The number of nitrogens with zero attached hydrogens (tertiary/aromatic N) is 2. The van der Waals surface area contributed by atoms with Gasteiger partial charge in [-0.2, -0.15) is 0 Å². The van der Waals surface area contributed by atoms with E-state index in [9.17, 15) is 9.59 Å². The van der Waals surface area contributed by atoms with E-state index in [2.05, 4.69) is 5.32 Å². The van der Waals surface area contributed by atoms with Crippen molar-refractivity contribution in [1.29, 1.82) is 0 Å². The minimum absolute atomic E-state index is 0.0292. The number of carbonyl (C=O) groups excluding carboxylic acids is 2. The number of amides is 3. The Morgan fingerprint density at radius 1 is 1.12 bits per heavy atom. The second-order valence-electron chi connectivity index (χ2n) is 4.67. The summed E-state index contributed by atoms with van der Waals surface area (Å²) in [7, 11) is 3.44. The van der Waals surface area contributed by atoms with Crippen molar-refractivity contribution in [3.63, 3.8) is 0 Å². The quantitative estimate of drug-likeness (QED) is 0.803. The number of hydrogen-bond acceptors (Lipinski definition) is 2. The maximum absolute atomic E-state index is 11.8. The van der Waals surface area contributed by atoms with Gasteiger partial charge in [0.2, 0.25) is 5.91 Å². The molecule has 1 fully saturated rings. The molecule has 0 spiro atoms. The monoisotopic (exact) mass is 241 g/mol. The Morgan fingerprint density at radius 3 is 2.24 bits per heavy atom. The van der Waals surface area contributed by atoms with Crippen molar-refractivity contribution in [1.82, 2.24) is 15.1 Å². The molecule has 0 aromatic rings. The highest BCUT2D eigenvalue weighted by Gasteiger charge is 2.15. The molecule has 0 saturated carbocycles. The second kappa shape index (κ2) is 7.14. The first-order chi connectivity index (χ1) is 8.11. The van der Waals surface area contributed by atoms with Crippen LogP contribution in [0.3, 0.4) is 0 Å². The van der Waals surface area contributed by atoms with Gasteiger partial charge in [-0.05, 0) is 12.8 Å². The van der Waals surface area contributed by atoms with Crippen molar-refractivity contribution >= 4 is 11.9 Å². The fourth-order valence-electron chi connectivity index (χ4n) is 1.89. The van der Waals surface area contributed by atoms with Gasteiger partial charge < -0.3 is 15.1 Å². The Hall–Kier alpha value is -1.26. The van der Waals surface area contributed by atoms with Crippen LogP contribution in [0.25, 0.3) is 0 Å². The van der Waals surface area contributed by atoms with Crippen molar-refractivity contribution in [2.45, 2.75) is 32.1 Å². The zero-order valence-electron chi connectivity index (χ0n) is 10.9. The number of likely N-dealkylation sites (tertiary alicyclic amines) is 1. The predicted octanol–water partition coefficient (Wildman–Crippen LogP) is 1.05. The largest absolute Gasteiger partial charge is 0.349 e. The predicted molar refractivity (Wildman–Crippen MR) is 66.8 cm³/mol. The fourth-order valence-corrected chi connectivity index (χ4v) is 1.89. The molecule has 1 saturated heterocycles. The summed E-state index contributed by atoms with van der Waals surface area (Å²) in [5.74, 6) is 0.0427. The first-order valence-corrected chi connectivity index (χ1v) is 6.34. The van der Waals surface area contributed by atoms with E-state index >= 15 is 0 Å². The first-order valence-electron chi connectivity index (χ1n) is 6.34. The van der Waals surface area contributed by atoms with Gasteiger partial charge in [0.15, 0.2) is 0 Å². The summed E-state index contributed by atoms with van der Waals surface area (Å²) in [4.78, 5) is 26.5. The van der Waals surface area contributed by atoms with Gasteiger partial charge in [-0.3, -0.25) is 4.79 Å². The molecule has 0 bridgehead atoms. The van der Waals surface area contributed by atoms with Crippen molar-refractivity contribution in [2.75, 3.05) is 33.7 Å². The summed E-state index contributed by atoms with van der Waals surface area (Å²) in [6.07, 6.45) is 4.96. The van der Waals surface area contributed by atoms with Gasteiger partial charge in [0.1, 0.15) is 0 Å². The molecule has 1 heterocycles. The highest BCUT2D eigenvalue weighted by atomic mass is 16.2. The molecule has 0 radical (unpaired) electrons. The van der Waals surface area contributed by atoms with Crippen LogP contribution in [0.5, 0.6) is 0 Å². The molecule has 1 rings (SSSR count). The van der Waals surface area contributed by atoms with Crippen LogP contribution >= 0.6 is 0 Å². The van der Waals surface area contributed by atoms with Crippen LogP contribution in [0.4, 0.5) is 4.79 Å². The van der Waals surface area contributed by atoms with E-state index in [0.29, 0.717) is 13.0 Å². The molecule has 1 aliphatic heterocycles. The zero-order chi connectivity index (χ0) is 12.7. The molecule has 0 aliphatic carbocycles. The molecule has 5 heteroatoms. The molecule has 0 unspecified atom stereocenters. The van der Waals surface area contributed by atoms with E-state index in [1.807, 2.05) is 4.90 Å². The Morgan fingerprint density at radius 2 is 1.71 bits per heavy atom. The highest BCUT2D eigenvalue weighted by molar-refractivity contribution is 5.78. The van der Waals surface area contributed by atoms with Gasteiger partial charge in [0.25, 0.3) is 0 Å². The van der Waals surface area contributed by atoms with Crippen molar-refractivity contribution in [3.8, 4) is 0 Å². The third kappa shape index (κ3) is 5.06. The zero-order valence-corrected chi connectivity index (χ0v) is 10.9. The van der Waals surface area contributed by atoms with Crippen LogP contribution in [0, 0.1) is 0 Å². The molecule has 0 aromatic carbocycles. The van der Waals surface area contributed by atoms with E-state index < -0.39 is 0 Å². The normalized spacial score (nSPS) is 16.2. The maximum Gasteiger partial charge on any atom is 0.317 e. The molecule has 17 heavy (non-hydrogen) atoms. The van der Waals surface area contributed by atoms with Gasteiger partial charge in [0, 0.05) is 40.2 Å². The topological polar surface area (TPSA) is 52.7 Å². The molecule has 0 aromatic heterocycles. The van der Waals surface area contributed by atoms with Crippen LogP contribution in [-0.4, -0.2) is 55.5 Å². The van der Waals surface area contributed by atoms with Crippen LogP contribution in [0.2, 0.25) is 0 Å². The minimum atomic E-state index is -0.0292. The van der Waals surface area contributed by atoms with Crippen molar-refractivity contribution in [2.24, 2.45) is 0 Å². The molecule has 98 valence electrons. The molecular formula is C12H23N3O2. The van der Waals surface area contributed by atoms with Crippen LogP contribution in [0.15, 0.2) is 0 Å². The number of hydrogen-bond donors (Lipinski definition) is 1. The average molecular weight is 241 g/mol. The van der Waals surface area contributed by atoms with Gasteiger partial charge in [-0.1, -0.05) is 12.8 Å². The highest BCUT2D eigenvalue weighted by Crippen LogP contribution is 2.09. The molecule has 3 amide bonds. The van der Waals surface area contributed by atoms with Gasteiger partial charge in [0.05, 0.1) is 0 Å². The van der Waals surface area contributed by atoms with Gasteiger partial charge >= 0.3 is 6.03 Å². The van der Waals surface area contributed by atoms with E-state index in [-0.39, 0.29) is 11.9 Å². The SMILES string of the molecule is CN(C)C(=O)CCNC(=O)N1CCCCCC1. The Balaban J connectivity index is 2.21. The smallest absolute Gasteiger partial charge is 0.317 e. The molecule has 1 aliphatic rings. The fraction of sp³-hybridized carbons (Fsp3) is 0.833. The third-order valence-corrected chi connectivity index (χ3v) is 3.01. The third-order valence-electron chi connectivity index (χ3n) is 3.01. The number of urea groups is 1. The summed E-state index contributed by atoms with van der Waals surface area (Å²) < 4.78 is 0. The van der Waals surface area contributed by atoms with Crippen LogP contribution < -0.4 is 5.32 Å². The lowest BCUT2D eigenvalue weighted by atomic mass is 10.2. The minimum Gasteiger partial charge on any atom is -0.349 e. The number of nitrogens with one attached hydrogen (secondary N) is 1. The molecule has 5 nitrogen and oxygen atoms in total. The Labute approximate surface area is 103 Å². The standard InChI is InChI=1S/C12H23N3O2/c1-14(2)11(16)7-8-13-12(17)15-9-5-3-4-6-10-15/h3-10H2,1-2H3,(H,13,17). The summed E-state index contributed by atoms with van der Waals surface area (Å²) in [6.45, 7) is 2.10. The summed E-state index contributed by atoms with van der Waals surface area (Å²) >= 11 is 0. The van der Waals surface area contributed by atoms with Crippen LogP contribution in [-0.2, 0) is 4.79 Å². The van der Waals surface area contributed by atoms with E-state index in [4.69, 9.17) is 0 Å². The Bertz CT molecular complexity index is 258. The second-order valence-corrected chi connectivity index (χ2v) is 4.67. The number of rotatable bonds is 3. The number of carbonyl (C=O) groups is 2. The molecule has 1 N–H and O–H groups in total. The van der Waals surface area contributed by atoms with Crippen molar-refractivity contribution in [3.05, 3.63) is 0 Å². The lowest BCUT2D eigenvalue weighted by Crippen LogP contribution is -2.41. The Kier molecular flexibility index (Phi) is 5.80. The summed E-state index contributed by atoms with van der Waals surface area (Å²) in [5.41, 5.74) is 0. The van der Waals surface area contributed by atoms with Gasteiger partial charge in [-0.25, -0.2) is 4.79 Å². The maximum atomic E-state index is 11.8. The van der Waals surface area contributed by atoms with Gasteiger partial charge in [-0.15, -0.1) is 0 Å². The van der Waals surface area contributed by atoms with Crippen LogP contribution in [0.1, 0.15) is 32.1 Å². The van der Waals surface area contributed by atoms with E-state index in [0.717, 1.165) is 25.9 Å². The summed E-state index contributed by atoms with van der Waals surface area (Å²) in [5, 5.41) is 2.81. The van der Waals surface area contributed by atoms with E-state index in [1.165, 1.54) is 17.7 Å². The first kappa shape index (κ1) is 13.8. The lowest BCUT2D eigenvalue weighted by molar-refractivity contribution is -0.128. The lowest BCUT2D eigenvalue weighted by Gasteiger charge is -2.20. The average Bonchev–Trinajstić information content (AvgIpc) is 2.57. The van der Waals surface area contributed by atoms with E-state index in [1.54, 1.807) is 14.1 Å². The molecule has 0 atom stereocenters. The molecular weight excluding hydrogens is 218 g/mol. The van der Waals surface area contributed by atoms with Crippen molar-refractivity contribution < 1.29 is 9.59 Å². The summed E-state index contributed by atoms with van der Waals surface area (Å²) in [6, 6.07) is -0.0292.